The minimum absolute atomic E-state index is 0.0410. The first-order chi connectivity index (χ1) is 20.2. The second-order valence-electron chi connectivity index (χ2n) is 9.62. The zero-order valence-electron chi connectivity index (χ0n) is 23.4. The van der Waals surface area contributed by atoms with E-state index in [1.165, 1.54) is 45.2 Å². The summed E-state index contributed by atoms with van der Waals surface area (Å²) < 4.78 is 116. The second kappa shape index (κ2) is 13.9. The molecule has 2 aromatic carbocycles. The van der Waals surface area contributed by atoms with Gasteiger partial charge in [-0.25, -0.2) is 0 Å². The summed E-state index contributed by atoms with van der Waals surface area (Å²) in [6, 6.07) is 2.33. The first-order valence-corrected chi connectivity index (χ1v) is 12.6. The Labute approximate surface area is 245 Å². The molecule has 0 heterocycles. The van der Waals surface area contributed by atoms with Crippen LogP contribution in [0.3, 0.4) is 0 Å². The van der Waals surface area contributed by atoms with Gasteiger partial charge in [0.2, 0.25) is 11.8 Å². The third-order valence-electron chi connectivity index (χ3n) is 6.00. The topological polar surface area (TPSA) is 123 Å². The van der Waals surface area contributed by atoms with Crippen molar-refractivity contribution in [3.05, 3.63) is 59.7 Å². The van der Waals surface area contributed by atoms with E-state index in [-0.39, 0.29) is 11.3 Å². The average Bonchev–Trinajstić information content (AvgIpc) is 2.92. The van der Waals surface area contributed by atoms with E-state index >= 15 is 0 Å². The number of rotatable bonds is 12. The molecule has 2 rings (SSSR count). The summed E-state index contributed by atoms with van der Waals surface area (Å²) in [4.78, 5) is 50.4. The molecule has 17 heteroatoms. The molecule has 0 bridgehead atoms. The summed E-state index contributed by atoms with van der Waals surface area (Å²) in [5.74, 6) is -13.9. The highest BCUT2D eigenvalue weighted by molar-refractivity contribution is 5.97. The van der Waals surface area contributed by atoms with Crippen LogP contribution in [0.25, 0.3) is 0 Å². The van der Waals surface area contributed by atoms with Crippen molar-refractivity contribution in [2.24, 2.45) is 5.92 Å². The quantitative estimate of drug-likeness (QED) is 0.297. The highest BCUT2D eigenvalue weighted by Crippen LogP contribution is 2.37. The molecule has 0 radical (unpaired) electrons. The number of hydrogen-bond acceptors (Lipinski definition) is 6. The van der Waals surface area contributed by atoms with Crippen molar-refractivity contribution in [2.45, 2.75) is 57.4 Å². The largest absolute Gasteiger partial charge is 0.573 e. The molecule has 0 saturated carbocycles. The lowest BCUT2D eigenvalue weighted by atomic mass is 9.97. The molecule has 242 valence electrons. The lowest BCUT2D eigenvalue weighted by molar-refractivity contribution is -0.275. The molecular weight excluding hydrogens is 614 g/mol. The van der Waals surface area contributed by atoms with E-state index in [0.29, 0.717) is 12.1 Å². The van der Waals surface area contributed by atoms with Gasteiger partial charge in [-0.05, 0) is 42.7 Å². The molecule has 0 unspecified atom stereocenters. The Morgan fingerprint density at radius 1 is 0.750 bits per heavy atom. The van der Waals surface area contributed by atoms with Crippen LogP contribution in [0.4, 0.5) is 35.1 Å². The Kier molecular flexibility index (Phi) is 11.3. The van der Waals surface area contributed by atoms with Crippen LogP contribution in [0.5, 0.6) is 11.5 Å². The predicted molar refractivity (Wildman–Crippen MR) is 136 cm³/mol. The van der Waals surface area contributed by atoms with Gasteiger partial charge in [-0.2, -0.15) is 22.0 Å². The van der Waals surface area contributed by atoms with Crippen molar-refractivity contribution in [1.82, 2.24) is 16.0 Å². The maximum atomic E-state index is 14.9. The molecule has 3 N–H and O–H groups in total. The first-order valence-electron chi connectivity index (χ1n) is 12.6. The number of hydrogen-bond donors (Lipinski definition) is 3. The summed E-state index contributed by atoms with van der Waals surface area (Å²) in [5.41, 5.74) is -1.51. The van der Waals surface area contributed by atoms with Gasteiger partial charge in [-0.15, -0.1) is 13.2 Å². The molecule has 0 aromatic heterocycles. The highest BCUT2D eigenvalue weighted by Gasteiger charge is 2.47. The summed E-state index contributed by atoms with van der Waals surface area (Å²) >= 11 is 0. The Morgan fingerprint density at radius 2 is 1.32 bits per heavy atom. The number of Topliss-reactive ketones (excluding diaryl/α,β-unsaturated/α-hetero) is 1. The number of carbonyl (C=O) groups excluding carboxylic acids is 4. The molecule has 2 aromatic rings. The van der Waals surface area contributed by atoms with Gasteiger partial charge in [-0.3, -0.25) is 19.2 Å². The molecule has 44 heavy (non-hydrogen) atoms. The molecule has 0 aliphatic carbocycles. The number of ether oxygens (including phenoxy) is 2. The number of ketones is 1. The van der Waals surface area contributed by atoms with E-state index in [4.69, 9.17) is 4.74 Å². The van der Waals surface area contributed by atoms with Crippen molar-refractivity contribution in [3.8, 4) is 11.5 Å². The zero-order valence-corrected chi connectivity index (χ0v) is 23.4. The van der Waals surface area contributed by atoms with Crippen molar-refractivity contribution >= 4 is 23.5 Å². The number of methoxy groups -OCH3 is 1. The Morgan fingerprint density at radius 3 is 1.82 bits per heavy atom. The van der Waals surface area contributed by atoms with Gasteiger partial charge in [0.15, 0.2) is 0 Å². The summed E-state index contributed by atoms with van der Waals surface area (Å²) in [7, 11) is 1.31. The second-order valence-corrected chi connectivity index (χ2v) is 9.62. The molecular formula is C27H27F8N3O6. The normalized spacial score (nSPS) is 14.2. The molecule has 9 nitrogen and oxygen atoms in total. The molecule has 0 fully saturated rings. The van der Waals surface area contributed by atoms with Crippen LogP contribution in [0.1, 0.15) is 37.9 Å². The third kappa shape index (κ3) is 9.28. The van der Waals surface area contributed by atoms with Gasteiger partial charge < -0.3 is 25.4 Å². The van der Waals surface area contributed by atoms with Crippen molar-refractivity contribution < 1.29 is 63.8 Å². The summed E-state index contributed by atoms with van der Waals surface area (Å²) in [6.45, 7) is 3.35. The van der Waals surface area contributed by atoms with Crippen LogP contribution in [-0.4, -0.2) is 55.2 Å². The Balaban J connectivity index is 2.33. The highest BCUT2D eigenvalue weighted by atomic mass is 19.4. The van der Waals surface area contributed by atoms with E-state index in [1.54, 1.807) is 5.32 Å². The Hall–Kier alpha value is -4.44. The van der Waals surface area contributed by atoms with Crippen LogP contribution in [0.15, 0.2) is 48.5 Å². The fourth-order valence-corrected chi connectivity index (χ4v) is 3.73. The number of halogens is 8. The predicted octanol–water partition coefficient (Wildman–Crippen LogP) is 4.32. The van der Waals surface area contributed by atoms with E-state index in [9.17, 15) is 54.3 Å². The molecule has 0 aliphatic rings. The molecule has 0 spiro atoms. The van der Waals surface area contributed by atoms with Crippen LogP contribution < -0.4 is 25.4 Å². The maximum Gasteiger partial charge on any atom is 0.573 e. The molecule has 0 saturated heterocycles. The average molecular weight is 642 g/mol. The number of carbonyl (C=O) groups is 4. The number of amides is 3. The van der Waals surface area contributed by atoms with Gasteiger partial charge in [0.1, 0.15) is 23.6 Å². The van der Waals surface area contributed by atoms with Gasteiger partial charge in [0.05, 0.1) is 18.7 Å². The fraction of sp³-hybridized carbons (Fsp3) is 0.407. The lowest BCUT2D eigenvalue weighted by Gasteiger charge is -2.27. The summed E-state index contributed by atoms with van der Waals surface area (Å²) in [6.07, 6.45) is -10.7. The van der Waals surface area contributed by atoms with E-state index in [0.717, 1.165) is 19.1 Å². The standard InChI is InChI=1S/C27H27F8N3O6/c1-13(2)19(21(39)26(30,31)32)37-23(41)20(15-9-11-16(43-4)12-10-15)38-22(40)14(3)36-24(42)25(28,29)17-7-5-6-8-18(17)44-27(33,34)35/h5-14,19-20H,1-4H3,(H,36,42)(H,37,41)(H,38,40)/t14-,19-,20-/m0/s1. The van der Waals surface area contributed by atoms with E-state index in [2.05, 4.69) is 10.1 Å². The van der Waals surface area contributed by atoms with Crippen molar-refractivity contribution in [1.29, 1.82) is 0 Å². The molecule has 3 amide bonds. The number of nitrogens with one attached hydrogen (secondary N) is 3. The SMILES string of the molecule is COc1ccc([C@H](NC(=O)[C@H](C)NC(=O)C(F)(F)c2ccccc2OC(F)(F)F)C(=O)N[C@H](C(=O)C(F)(F)F)C(C)C)cc1. The molecule has 3 atom stereocenters. The minimum atomic E-state index is -5.37. The lowest BCUT2D eigenvalue weighted by Crippen LogP contribution is -2.55. The van der Waals surface area contributed by atoms with Gasteiger partial charge >= 0.3 is 18.5 Å². The van der Waals surface area contributed by atoms with E-state index in [1.807, 2.05) is 5.32 Å². The number of para-hydroxylation sites is 1. The van der Waals surface area contributed by atoms with Gasteiger partial charge in [-0.1, -0.05) is 38.1 Å². The third-order valence-corrected chi connectivity index (χ3v) is 6.00. The number of alkyl halides is 8. The maximum absolute atomic E-state index is 14.9. The number of benzene rings is 2. The molecule has 0 aliphatic heterocycles. The van der Waals surface area contributed by atoms with Crippen LogP contribution >= 0.6 is 0 Å². The van der Waals surface area contributed by atoms with Crippen LogP contribution in [-0.2, 0) is 25.1 Å². The van der Waals surface area contributed by atoms with E-state index < -0.39 is 77.3 Å². The summed E-state index contributed by atoms with van der Waals surface area (Å²) in [5, 5.41) is 5.68. The van der Waals surface area contributed by atoms with Gasteiger partial charge in [0, 0.05) is 0 Å². The minimum Gasteiger partial charge on any atom is -0.497 e. The van der Waals surface area contributed by atoms with Crippen LogP contribution in [0, 0.1) is 5.92 Å². The van der Waals surface area contributed by atoms with Crippen molar-refractivity contribution in [2.75, 3.05) is 7.11 Å². The van der Waals surface area contributed by atoms with Gasteiger partial charge in [0.25, 0.3) is 11.7 Å². The van der Waals surface area contributed by atoms with Crippen LogP contribution in [0.2, 0.25) is 0 Å². The first kappa shape index (κ1) is 35.8. The van der Waals surface area contributed by atoms with Crippen molar-refractivity contribution in [3.63, 3.8) is 0 Å². The monoisotopic (exact) mass is 641 g/mol. The zero-order chi connectivity index (χ0) is 33.6. The smallest absolute Gasteiger partial charge is 0.497 e. The fourth-order valence-electron chi connectivity index (χ4n) is 3.73. The Bertz CT molecular complexity index is 1350.